The van der Waals surface area contributed by atoms with Gasteiger partial charge in [0.25, 0.3) is 0 Å². The zero-order valence-corrected chi connectivity index (χ0v) is 13.7. The van der Waals surface area contributed by atoms with Crippen LogP contribution in [0, 0.1) is 6.07 Å². The first-order valence-electron chi connectivity index (χ1n) is 5.99. The van der Waals surface area contributed by atoms with Crippen LogP contribution in [-0.2, 0) is 26.5 Å². The van der Waals surface area contributed by atoms with E-state index >= 15 is 0 Å². The van der Waals surface area contributed by atoms with Crippen LogP contribution in [0.2, 0.25) is 0 Å². The summed E-state index contributed by atoms with van der Waals surface area (Å²) in [7, 11) is 0. The molecule has 0 fully saturated rings. The monoisotopic (exact) mass is 446 g/mol. The molecule has 2 aromatic heterocycles. The van der Waals surface area contributed by atoms with Crippen molar-refractivity contribution < 1.29 is 20.1 Å². The maximum absolute atomic E-state index is 4.31. The van der Waals surface area contributed by atoms with E-state index in [0.717, 1.165) is 12.1 Å². The Morgan fingerprint density at radius 1 is 1.21 bits per heavy atom. The van der Waals surface area contributed by atoms with Gasteiger partial charge in [-0.05, 0) is 12.5 Å². The van der Waals surface area contributed by atoms with Gasteiger partial charge in [0.2, 0.25) is 0 Å². The smallest absolute Gasteiger partial charge is 0.0492 e. The molecule has 0 aliphatic heterocycles. The van der Waals surface area contributed by atoms with Gasteiger partial charge in [-0.3, -0.25) is 16.0 Å². The number of aryl methyl sites for hydroxylation is 1. The quantitative estimate of drug-likeness (QED) is 0.558. The van der Waals surface area contributed by atoms with Crippen molar-refractivity contribution >= 4 is 11.3 Å². The number of hydrogen-bond acceptors (Lipinski definition) is 2. The standard InChI is InChI=1S/C15H13N2S.Ir/c1-2-13-11-14(17-10-6-9-16-17)15(18-13)12-7-4-3-5-8-12;/h3-10H,2H2,1H3;/q-1;. The van der Waals surface area contributed by atoms with E-state index < -0.39 is 0 Å². The summed E-state index contributed by atoms with van der Waals surface area (Å²) in [5.41, 5.74) is 2.28. The van der Waals surface area contributed by atoms with Gasteiger partial charge in [0, 0.05) is 32.5 Å². The molecule has 1 radical (unpaired) electrons. The number of benzene rings is 1. The second kappa shape index (κ2) is 6.29. The van der Waals surface area contributed by atoms with E-state index in [1.165, 1.54) is 15.3 Å². The van der Waals surface area contributed by atoms with Gasteiger partial charge in [-0.25, -0.2) is 6.07 Å². The first-order valence-corrected chi connectivity index (χ1v) is 6.80. The average Bonchev–Trinajstić information content (AvgIpc) is 3.08. The van der Waals surface area contributed by atoms with Gasteiger partial charge < -0.3 is 0 Å². The Labute approximate surface area is 130 Å². The fraction of sp³-hybridized carbons (Fsp3) is 0.133. The molecule has 0 aliphatic carbocycles. The molecule has 0 N–H and O–H groups in total. The van der Waals surface area contributed by atoms with E-state index in [1.807, 2.05) is 23.0 Å². The van der Waals surface area contributed by atoms with E-state index in [9.17, 15) is 0 Å². The number of hydrogen-bond donors (Lipinski definition) is 0. The van der Waals surface area contributed by atoms with E-state index in [-0.39, 0.29) is 20.1 Å². The molecule has 0 saturated carbocycles. The van der Waals surface area contributed by atoms with Crippen LogP contribution in [0.15, 0.2) is 48.8 Å². The van der Waals surface area contributed by atoms with Crippen LogP contribution in [0.4, 0.5) is 0 Å². The predicted octanol–water partition coefficient (Wildman–Crippen LogP) is 3.96. The van der Waals surface area contributed by atoms with Gasteiger partial charge in [0.05, 0.1) is 0 Å². The van der Waals surface area contributed by atoms with Crippen LogP contribution < -0.4 is 0 Å². The Hall–Kier alpha value is -1.22. The minimum Gasteiger partial charge on any atom is -0.276 e. The largest absolute Gasteiger partial charge is 0.276 e. The van der Waals surface area contributed by atoms with Crippen LogP contribution >= 0.6 is 11.3 Å². The van der Waals surface area contributed by atoms with Crippen LogP contribution in [0.3, 0.4) is 0 Å². The molecule has 3 aromatic rings. The summed E-state index contributed by atoms with van der Waals surface area (Å²) >= 11 is 1.79. The molecule has 0 bridgehead atoms. The van der Waals surface area contributed by atoms with Crippen molar-refractivity contribution in [2.24, 2.45) is 0 Å². The van der Waals surface area contributed by atoms with E-state index in [1.54, 1.807) is 17.5 Å². The van der Waals surface area contributed by atoms with E-state index in [2.05, 4.69) is 42.4 Å². The van der Waals surface area contributed by atoms with Crippen molar-refractivity contribution in [3.63, 3.8) is 0 Å². The summed E-state index contributed by atoms with van der Waals surface area (Å²) in [6, 6.07) is 15.8. The van der Waals surface area contributed by atoms with Gasteiger partial charge in [-0.2, -0.15) is 5.10 Å². The molecular formula is C15H13IrN2S-. The van der Waals surface area contributed by atoms with Crippen molar-refractivity contribution in [1.82, 2.24) is 9.78 Å². The number of thiophene rings is 1. The third-order valence-electron chi connectivity index (χ3n) is 2.79. The zero-order valence-electron chi connectivity index (χ0n) is 10.5. The molecule has 2 heterocycles. The number of rotatable bonds is 3. The molecule has 0 atom stereocenters. The fourth-order valence-corrected chi connectivity index (χ4v) is 2.93. The molecule has 1 aromatic carbocycles. The van der Waals surface area contributed by atoms with Crippen molar-refractivity contribution in [3.8, 4) is 16.1 Å². The number of nitrogens with zero attached hydrogens (tertiary/aromatic N) is 2. The zero-order chi connectivity index (χ0) is 12.4. The van der Waals surface area contributed by atoms with E-state index in [4.69, 9.17) is 0 Å². The molecule has 0 aliphatic rings. The molecule has 19 heavy (non-hydrogen) atoms. The van der Waals surface area contributed by atoms with Gasteiger partial charge in [0.1, 0.15) is 0 Å². The Kier molecular flexibility index (Phi) is 4.70. The maximum atomic E-state index is 4.31. The Balaban J connectivity index is 0.00000133. The molecule has 3 rings (SSSR count). The summed E-state index contributed by atoms with van der Waals surface area (Å²) in [4.78, 5) is 2.50. The summed E-state index contributed by atoms with van der Waals surface area (Å²) in [6.45, 7) is 2.16. The summed E-state index contributed by atoms with van der Waals surface area (Å²) < 4.78 is 1.89. The predicted molar refractivity (Wildman–Crippen MR) is 75.1 cm³/mol. The molecule has 2 nitrogen and oxygen atoms in total. The Morgan fingerprint density at radius 3 is 2.63 bits per heavy atom. The van der Waals surface area contributed by atoms with Crippen LogP contribution in [-0.4, -0.2) is 9.78 Å². The third-order valence-corrected chi connectivity index (χ3v) is 4.06. The first-order chi connectivity index (χ1) is 8.88. The molecule has 0 saturated heterocycles. The van der Waals surface area contributed by atoms with Gasteiger partial charge >= 0.3 is 0 Å². The molecular weight excluding hydrogens is 432 g/mol. The van der Waals surface area contributed by atoms with Gasteiger partial charge in [-0.15, -0.1) is 4.88 Å². The van der Waals surface area contributed by atoms with Crippen molar-refractivity contribution in [1.29, 1.82) is 0 Å². The van der Waals surface area contributed by atoms with Crippen molar-refractivity contribution in [2.75, 3.05) is 0 Å². The normalized spacial score (nSPS) is 10.2. The summed E-state index contributed by atoms with van der Waals surface area (Å²) in [5.74, 6) is 0. The Bertz CT molecular complexity index is 629. The first kappa shape index (κ1) is 14.2. The van der Waals surface area contributed by atoms with Gasteiger partial charge in [0.15, 0.2) is 0 Å². The van der Waals surface area contributed by atoms with E-state index in [0.29, 0.717) is 0 Å². The van der Waals surface area contributed by atoms with Crippen molar-refractivity contribution in [3.05, 3.63) is 59.7 Å². The summed E-state index contributed by atoms with van der Waals surface area (Å²) in [5, 5.41) is 4.31. The fourth-order valence-electron chi connectivity index (χ4n) is 1.89. The van der Waals surface area contributed by atoms with Gasteiger partial charge in [-0.1, -0.05) is 53.4 Å². The number of aromatic nitrogens is 2. The van der Waals surface area contributed by atoms with Crippen molar-refractivity contribution in [2.45, 2.75) is 13.3 Å². The molecule has 0 unspecified atom stereocenters. The molecule has 99 valence electrons. The SMILES string of the molecule is CCc1[c-]c(-n2cccn2)c(-c2ccccc2)s1.[Ir]. The second-order valence-electron chi connectivity index (χ2n) is 4.00. The molecule has 0 spiro atoms. The van der Waals surface area contributed by atoms with Crippen LogP contribution in [0.25, 0.3) is 16.1 Å². The second-order valence-corrected chi connectivity index (χ2v) is 5.10. The maximum Gasteiger partial charge on any atom is 0.0492 e. The molecule has 4 heteroatoms. The molecule has 0 amide bonds. The average molecular weight is 446 g/mol. The minimum atomic E-state index is 0. The van der Waals surface area contributed by atoms with Crippen LogP contribution in [0.1, 0.15) is 11.8 Å². The third kappa shape index (κ3) is 2.86. The summed E-state index contributed by atoms with van der Waals surface area (Å²) in [6.07, 6.45) is 4.77. The Morgan fingerprint density at radius 2 is 2.00 bits per heavy atom. The topological polar surface area (TPSA) is 17.8 Å². The minimum absolute atomic E-state index is 0. The van der Waals surface area contributed by atoms with Crippen LogP contribution in [0.5, 0.6) is 0 Å².